The fourth-order valence-electron chi connectivity index (χ4n) is 2.05. The van der Waals surface area contributed by atoms with Crippen molar-refractivity contribution in [1.82, 2.24) is 9.78 Å². The van der Waals surface area contributed by atoms with Gasteiger partial charge in [0, 0.05) is 31.8 Å². The Hall–Kier alpha value is -0.870. The van der Waals surface area contributed by atoms with Crippen molar-refractivity contribution in [3.05, 3.63) is 17.5 Å². The van der Waals surface area contributed by atoms with E-state index in [0.29, 0.717) is 0 Å². The van der Waals surface area contributed by atoms with Crippen LogP contribution in [0.4, 0.5) is 0 Å². The second kappa shape index (κ2) is 6.01. The van der Waals surface area contributed by atoms with Crippen LogP contribution in [0.3, 0.4) is 0 Å². The van der Waals surface area contributed by atoms with Crippen LogP contribution in [0.25, 0.3) is 0 Å². The third kappa shape index (κ3) is 3.06. The maximum atomic E-state index is 6.14. The number of hydrogen-bond acceptors (Lipinski definition) is 3. The predicted octanol–water partition coefficient (Wildman–Crippen LogP) is 1.51. The van der Waals surface area contributed by atoms with Gasteiger partial charge in [0.2, 0.25) is 0 Å². The van der Waals surface area contributed by atoms with Crippen molar-refractivity contribution >= 4 is 0 Å². The molecular weight excluding hydrogens is 202 g/mol. The first-order valence-electron chi connectivity index (χ1n) is 5.94. The summed E-state index contributed by atoms with van der Waals surface area (Å²) in [5, 5.41) is 4.41. The van der Waals surface area contributed by atoms with Crippen LogP contribution < -0.4 is 5.73 Å². The molecule has 0 aromatic carbocycles. The largest absolute Gasteiger partial charge is 0.380 e. The van der Waals surface area contributed by atoms with Gasteiger partial charge in [-0.05, 0) is 26.3 Å². The quantitative estimate of drug-likeness (QED) is 0.798. The lowest BCUT2D eigenvalue weighted by Crippen LogP contribution is -2.38. The van der Waals surface area contributed by atoms with Crippen molar-refractivity contribution in [1.29, 1.82) is 0 Å². The fourth-order valence-corrected chi connectivity index (χ4v) is 2.05. The molecule has 0 saturated carbocycles. The van der Waals surface area contributed by atoms with Gasteiger partial charge in [-0.1, -0.05) is 6.92 Å². The molecule has 0 amide bonds. The van der Waals surface area contributed by atoms with E-state index in [0.717, 1.165) is 25.1 Å². The average Bonchev–Trinajstić information content (AvgIpc) is 2.60. The van der Waals surface area contributed by atoms with Crippen LogP contribution in [0.15, 0.2) is 6.07 Å². The summed E-state index contributed by atoms with van der Waals surface area (Å²) in [7, 11) is 1.72. The monoisotopic (exact) mass is 225 g/mol. The molecule has 1 heterocycles. The molecule has 0 aliphatic carbocycles. The van der Waals surface area contributed by atoms with Crippen LogP contribution in [0.5, 0.6) is 0 Å². The third-order valence-electron chi connectivity index (χ3n) is 2.91. The lowest BCUT2D eigenvalue weighted by molar-refractivity contribution is 0.0767. The Morgan fingerprint density at radius 1 is 1.50 bits per heavy atom. The summed E-state index contributed by atoms with van der Waals surface area (Å²) in [6.45, 7) is 7.08. The molecular formula is C12H23N3O. The van der Waals surface area contributed by atoms with Gasteiger partial charge >= 0.3 is 0 Å². The van der Waals surface area contributed by atoms with Gasteiger partial charge in [0.15, 0.2) is 0 Å². The van der Waals surface area contributed by atoms with Crippen molar-refractivity contribution in [3.63, 3.8) is 0 Å². The second-order valence-corrected chi connectivity index (χ2v) is 4.14. The Labute approximate surface area is 97.8 Å². The van der Waals surface area contributed by atoms with Gasteiger partial charge in [0.25, 0.3) is 0 Å². The average molecular weight is 225 g/mol. The van der Waals surface area contributed by atoms with Crippen molar-refractivity contribution in [2.24, 2.45) is 5.73 Å². The molecule has 16 heavy (non-hydrogen) atoms. The SMILES string of the molecule is CCC(OC)C(N)Cc1cc(C)nn1CC. The van der Waals surface area contributed by atoms with Crippen molar-refractivity contribution in [3.8, 4) is 0 Å². The first kappa shape index (κ1) is 13.2. The van der Waals surface area contributed by atoms with Gasteiger partial charge in [-0.2, -0.15) is 5.10 Å². The smallest absolute Gasteiger partial charge is 0.0723 e. The van der Waals surface area contributed by atoms with E-state index in [-0.39, 0.29) is 12.1 Å². The third-order valence-corrected chi connectivity index (χ3v) is 2.91. The Morgan fingerprint density at radius 2 is 2.19 bits per heavy atom. The number of aryl methyl sites for hydroxylation is 2. The van der Waals surface area contributed by atoms with Gasteiger partial charge in [-0.25, -0.2) is 0 Å². The Balaban J connectivity index is 2.71. The van der Waals surface area contributed by atoms with Crippen LogP contribution in [-0.2, 0) is 17.7 Å². The first-order valence-corrected chi connectivity index (χ1v) is 5.94. The zero-order chi connectivity index (χ0) is 12.1. The highest BCUT2D eigenvalue weighted by Crippen LogP contribution is 2.10. The van der Waals surface area contributed by atoms with Crippen LogP contribution in [-0.4, -0.2) is 29.0 Å². The van der Waals surface area contributed by atoms with Crippen LogP contribution in [0.2, 0.25) is 0 Å². The highest BCUT2D eigenvalue weighted by Gasteiger charge is 2.17. The standard InChI is InChI=1S/C12H23N3O/c1-5-12(16-4)11(13)8-10-7-9(3)14-15(10)6-2/h7,11-12H,5-6,8,13H2,1-4H3. The van der Waals surface area contributed by atoms with Crippen LogP contribution in [0.1, 0.15) is 31.7 Å². The first-order chi connectivity index (χ1) is 7.62. The molecule has 0 aliphatic rings. The molecule has 4 nitrogen and oxygen atoms in total. The molecule has 0 saturated heterocycles. The minimum absolute atomic E-state index is 0.0383. The number of nitrogens with two attached hydrogens (primary N) is 1. The number of methoxy groups -OCH3 is 1. The lowest BCUT2D eigenvalue weighted by Gasteiger charge is -2.21. The molecule has 0 fully saturated rings. The molecule has 2 N–H and O–H groups in total. The van der Waals surface area contributed by atoms with E-state index in [2.05, 4.69) is 25.0 Å². The number of hydrogen-bond donors (Lipinski definition) is 1. The van der Waals surface area contributed by atoms with E-state index in [1.807, 2.05) is 11.6 Å². The molecule has 1 rings (SSSR count). The molecule has 0 aliphatic heterocycles. The van der Waals surface area contributed by atoms with E-state index in [4.69, 9.17) is 10.5 Å². The molecule has 1 aromatic heterocycles. The van der Waals surface area contributed by atoms with Crippen molar-refractivity contribution < 1.29 is 4.74 Å². The normalized spacial score (nSPS) is 15.1. The van der Waals surface area contributed by atoms with Gasteiger partial charge in [-0.3, -0.25) is 4.68 Å². The Morgan fingerprint density at radius 3 is 2.69 bits per heavy atom. The molecule has 92 valence electrons. The topological polar surface area (TPSA) is 53.1 Å². The maximum Gasteiger partial charge on any atom is 0.0723 e. The second-order valence-electron chi connectivity index (χ2n) is 4.14. The van der Waals surface area contributed by atoms with E-state index in [1.165, 1.54) is 5.69 Å². The van der Waals surface area contributed by atoms with E-state index >= 15 is 0 Å². The Kier molecular flexibility index (Phi) is 4.96. The number of nitrogens with zero attached hydrogens (tertiary/aromatic N) is 2. The molecule has 0 bridgehead atoms. The lowest BCUT2D eigenvalue weighted by atomic mass is 10.0. The zero-order valence-corrected chi connectivity index (χ0v) is 10.7. The summed E-state index contributed by atoms with van der Waals surface area (Å²) in [4.78, 5) is 0. The summed E-state index contributed by atoms with van der Waals surface area (Å²) in [6.07, 6.45) is 1.89. The molecule has 0 spiro atoms. The van der Waals surface area contributed by atoms with Crippen molar-refractivity contribution in [2.45, 2.75) is 52.3 Å². The maximum absolute atomic E-state index is 6.14. The summed E-state index contributed by atoms with van der Waals surface area (Å²) in [5.74, 6) is 0. The van der Waals surface area contributed by atoms with Gasteiger partial charge in [0.05, 0.1) is 11.8 Å². The number of rotatable bonds is 6. The minimum atomic E-state index is 0.0383. The van der Waals surface area contributed by atoms with E-state index < -0.39 is 0 Å². The number of ether oxygens (including phenoxy) is 1. The van der Waals surface area contributed by atoms with E-state index in [1.54, 1.807) is 7.11 Å². The highest BCUT2D eigenvalue weighted by molar-refractivity contribution is 5.10. The summed E-state index contributed by atoms with van der Waals surface area (Å²) in [5.41, 5.74) is 8.39. The van der Waals surface area contributed by atoms with Crippen molar-refractivity contribution in [2.75, 3.05) is 7.11 Å². The predicted molar refractivity (Wildman–Crippen MR) is 65.4 cm³/mol. The van der Waals surface area contributed by atoms with Gasteiger partial charge in [-0.15, -0.1) is 0 Å². The fraction of sp³-hybridized carbons (Fsp3) is 0.750. The van der Waals surface area contributed by atoms with E-state index in [9.17, 15) is 0 Å². The molecule has 1 aromatic rings. The summed E-state index contributed by atoms with van der Waals surface area (Å²) < 4.78 is 7.37. The van der Waals surface area contributed by atoms with Gasteiger partial charge < -0.3 is 10.5 Å². The highest BCUT2D eigenvalue weighted by atomic mass is 16.5. The molecule has 2 unspecified atom stereocenters. The Bertz CT molecular complexity index is 318. The molecule has 4 heteroatoms. The summed E-state index contributed by atoms with van der Waals surface area (Å²) in [6, 6.07) is 2.14. The minimum Gasteiger partial charge on any atom is -0.380 e. The molecule has 0 radical (unpaired) electrons. The van der Waals surface area contributed by atoms with Gasteiger partial charge in [0.1, 0.15) is 0 Å². The zero-order valence-electron chi connectivity index (χ0n) is 10.7. The number of aromatic nitrogens is 2. The van der Waals surface area contributed by atoms with Crippen LogP contribution >= 0.6 is 0 Å². The summed E-state index contributed by atoms with van der Waals surface area (Å²) >= 11 is 0. The van der Waals surface area contributed by atoms with Crippen LogP contribution in [0, 0.1) is 6.92 Å². The molecule has 2 atom stereocenters.